The molecule has 2 aromatic carbocycles. The van der Waals surface area contributed by atoms with Gasteiger partial charge in [-0.15, -0.1) is 0 Å². The summed E-state index contributed by atoms with van der Waals surface area (Å²) in [7, 11) is 0. The largest absolute Gasteiger partial charge is 0.445 e. The Morgan fingerprint density at radius 1 is 1.08 bits per heavy atom. The second-order valence-corrected chi connectivity index (χ2v) is 5.97. The molecule has 0 fully saturated rings. The Morgan fingerprint density at radius 2 is 1.67 bits per heavy atom. The van der Waals surface area contributed by atoms with Gasteiger partial charge in [-0.3, -0.25) is 0 Å². The molecule has 0 aromatic heterocycles. The molecule has 0 aliphatic heterocycles. The number of aliphatic hydroxyl groups is 1. The molecular weight excluding hydrogens is 302 g/mol. The van der Waals surface area contributed by atoms with Crippen molar-refractivity contribution in [3.63, 3.8) is 0 Å². The third-order valence-corrected chi connectivity index (χ3v) is 4.24. The van der Waals surface area contributed by atoms with Crippen molar-refractivity contribution in [3.05, 3.63) is 71.8 Å². The van der Waals surface area contributed by atoms with Crippen molar-refractivity contribution in [2.75, 3.05) is 0 Å². The Labute approximate surface area is 143 Å². The maximum absolute atomic E-state index is 12.1. The summed E-state index contributed by atoms with van der Waals surface area (Å²) in [5.74, 6) is 0.115. The van der Waals surface area contributed by atoms with Crippen LogP contribution < -0.4 is 5.32 Å². The van der Waals surface area contributed by atoms with Crippen molar-refractivity contribution >= 4 is 6.09 Å². The van der Waals surface area contributed by atoms with Crippen LogP contribution in [-0.2, 0) is 11.3 Å². The SMILES string of the molecule is CCC(C)C(NC(=O)OCc1ccccc1)C(O)c1ccccc1. The fourth-order valence-electron chi connectivity index (χ4n) is 2.54. The van der Waals surface area contributed by atoms with Crippen LogP contribution in [0.2, 0.25) is 0 Å². The van der Waals surface area contributed by atoms with Gasteiger partial charge in [-0.05, 0) is 17.0 Å². The molecule has 0 aliphatic rings. The van der Waals surface area contributed by atoms with Gasteiger partial charge in [-0.2, -0.15) is 0 Å². The molecule has 1 amide bonds. The first-order valence-corrected chi connectivity index (χ1v) is 8.32. The van der Waals surface area contributed by atoms with Crippen molar-refractivity contribution in [3.8, 4) is 0 Å². The third-order valence-electron chi connectivity index (χ3n) is 4.24. The number of aliphatic hydroxyl groups excluding tert-OH is 1. The monoisotopic (exact) mass is 327 g/mol. The Hall–Kier alpha value is -2.33. The number of carbonyl (C=O) groups excluding carboxylic acids is 1. The van der Waals surface area contributed by atoms with Crippen LogP contribution in [0.5, 0.6) is 0 Å². The Kier molecular flexibility index (Phi) is 6.82. The average Bonchev–Trinajstić information content (AvgIpc) is 2.65. The molecule has 4 heteroatoms. The maximum atomic E-state index is 12.1. The predicted octanol–water partition coefficient (Wildman–Crippen LogP) is 4.06. The van der Waals surface area contributed by atoms with Gasteiger partial charge in [0.05, 0.1) is 12.1 Å². The van der Waals surface area contributed by atoms with Crippen LogP contribution in [0.3, 0.4) is 0 Å². The molecule has 128 valence electrons. The van der Waals surface area contributed by atoms with Crippen LogP contribution in [0.15, 0.2) is 60.7 Å². The van der Waals surface area contributed by atoms with E-state index in [1.165, 1.54) is 0 Å². The molecule has 0 saturated heterocycles. The van der Waals surface area contributed by atoms with E-state index in [0.717, 1.165) is 17.5 Å². The average molecular weight is 327 g/mol. The fraction of sp³-hybridized carbons (Fsp3) is 0.350. The van der Waals surface area contributed by atoms with Crippen LogP contribution in [0.25, 0.3) is 0 Å². The highest BCUT2D eigenvalue weighted by molar-refractivity contribution is 5.67. The first kappa shape index (κ1) is 18.0. The number of hydrogen-bond donors (Lipinski definition) is 2. The second kappa shape index (κ2) is 9.08. The summed E-state index contributed by atoms with van der Waals surface area (Å²) >= 11 is 0. The molecule has 0 heterocycles. The Bertz CT molecular complexity index is 615. The zero-order chi connectivity index (χ0) is 17.4. The van der Waals surface area contributed by atoms with Crippen molar-refractivity contribution < 1.29 is 14.6 Å². The van der Waals surface area contributed by atoms with E-state index in [1.807, 2.05) is 74.5 Å². The van der Waals surface area contributed by atoms with E-state index in [9.17, 15) is 9.90 Å². The number of hydrogen-bond acceptors (Lipinski definition) is 3. The standard InChI is InChI=1S/C20H25NO3/c1-3-15(2)18(19(22)17-12-8-5-9-13-17)21-20(23)24-14-16-10-6-4-7-11-16/h4-13,15,18-19,22H,3,14H2,1-2H3,(H,21,23). The molecule has 0 aliphatic carbocycles. The minimum absolute atomic E-state index is 0.115. The van der Waals surface area contributed by atoms with Crippen molar-refractivity contribution in [2.45, 2.75) is 39.0 Å². The summed E-state index contributed by atoms with van der Waals surface area (Å²) < 4.78 is 5.28. The first-order valence-electron chi connectivity index (χ1n) is 8.32. The zero-order valence-corrected chi connectivity index (χ0v) is 14.2. The van der Waals surface area contributed by atoms with Gasteiger partial charge in [0.15, 0.2) is 0 Å². The fourth-order valence-corrected chi connectivity index (χ4v) is 2.54. The van der Waals surface area contributed by atoms with E-state index in [0.29, 0.717) is 0 Å². The molecule has 2 rings (SSSR count). The number of carbonyl (C=O) groups is 1. The molecule has 0 saturated carbocycles. The second-order valence-electron chi connectivity index (χ2n) is 5.97. The number of ether oxygens (including phenoxy) is 1. The number of alkyl carbamates (subject to hydrolysis) is 1. The first-order chi connectivity index (χ1) is 11.6. The van der Waals surface area contributed by atoms with Crippen molar-refractivity contribution in [2.24, 2.45) is 5.92 Å². The highest BCUT2D eigenvalue weighted by Gasteiger charge is 2.27. The van der Waals surface area contributed by atoms with Gasteiger partial charge in [-0.25, -0.2) is 4.79 Å². The van der Waals surface area contributed by atoms with Crippen LogP contribution in [0.1, 0.15) is 37.5 Å². The highest BCUT2D eigenvalue weighted by atomic mass is 16.5. The van der Waals surface area contributed by atoms with E-state index >= 15 is 0 Å². The summed E-state index contributed by atoms with van der Waals surface area (Å²) in [4.78, 5) is 12.1. The molecule has 0 spiro atoms. The number of nitrogens with one attached hydrogen (secondary N) is 1. The van der Waals surface area contributed by atoms with E-state index in [4.69, 9.17) is 4.74 Å². The van der Waals surface area contributed by atoms with E-state index < -0.39 is 18.2 Å². The lowest BCUT2D eigenvalue weighted by molar-refractivity contribution is 0.0824. The molecule has 2 aromatic rings. The van der Waals surface area contributed by atoms with Crippen LogP contribution in [0.4, 0.5) is 4.79 Å². The van der Waals surface area contributed by atoms with Crippen molar-refractivity contribution in [1.29, 1.82) is 0 Å². The quantitative estimate of drug-likeness (QED) is 0.806. The molecule has 3 unspecified atom stereocenters. The summed E-state index contributed by atoms with van der Waals surface area (Å²) in [6.45, 7) is 4.25. The normalized spacial score (nSPS) is 14.5. The van der Waals surface area contributed by atoms with Crippen LogP contribution in [-0.4, -0.2) is 17.2 Å². The predicted molar refractivity (Wildman–Crippen MR) is 94.4 cm³/mol. The zero-order valence-electron chi connectivity index (χ0n) is 14.2. The molecule has 0 radical (unpaired) electrons. The number of amides is 1. The number of rotatable bonds is 7. The summed E-state index contributed by atoms with van der Waals surface area (Å²) in [5, 5.41) is 13.5. The van der Waals surface area contributed by atoms with Crippen LogP contribution >= 0.6 is 0 Å². The van der Waals surface area contributed by atoms with Gasteiger partial charge in [-0.1, -0.05) is 80.9 Å². The van der Waals surface area contributed by atoms with Gasteiger partial charge in [0.25, 0.3) is 0 Å². The van der Waals surface area contributed by atoms with Gasteiger partial charge >= 0.3 is 6.09 Å². The van der Waals surface area contributed by atoms with E-state index in [-0.39, 0.29) is 12.5 Å². The number of benzene rings is 2. The van der Waals surface area contributed by atoms with Crippen LogP contribution in [0, 0.1) is 5.92 Å². The molecular formula is C20H25NO3. The van der Waals surface area contributed by atoms with Crippen molar-refractivity contribution in [1.82, 2.24) is 5.32 Å². The highest BCUT2D eigenvalue weighted by Crippen LogP contribution is 2.23. The minimum atomic E-state index is -0.773. The van der Waals surface area contributed by atoms with Gasteiger partial charge < -0.3 is 15.2 Å². The smallest absolute Gasteiger partial charge is 0.407 e. The summed E-state index contributed by atoms with van der Waals surface area (Å²) in [6, 6.07) is 18.5. The molecule has 24 heavy (non-hydrogen) atoms. The lowest BCUT2D eigenvalue weighted by atomic mass is 9.90. The molecule has 0 bridgehead atoms. The van der Waals surface area contributed by atoms with E-state index in [2.05, 4.69) is 5.32 Å². The molecule has 4 nitrogen and oxygen atoms in total. The lowest BCUT2D eigenvalue weighted by Gasteiger charge is -2.29. The van der Waals surface area contributed by atoms with Gasteiger partial charge in [0, 0.05) is 0 Å². The minimum Gasteiger partial charge on any atom is -0.445 e. The van der Waals surface area contributed by atoms with Gasteiger partial charge in [0.1, 0.15) is 6.61 Å². The lowest BCUT2D eigenvalue weighted by Crippen LogP contribution is -2.43. The summed E-state index contributed by atoms with van der Waals surface area (Å²) in [5.41, 5.74) is 1.71. The third kappa shape index (κ3) is 5.10. The topological polar surface area (TPSA) is 58.6 Å². The molecule has 3 atom stereocenters. The van der Waals surface area contributed by atoms with Gasteiger partial charge in [0.2, 0.25) is 0 Å². The summed E-state index contributed by atoms with van der Waals surface area (Å²) in [6.07, 6.45) is -0.447. The Morgan fingerprint density at radius 3 is 2.25 bits per heavy atom. The van der Waals surface area contributed by atoms with E-state index in [1.54, 1.807) is 0 Å². The maximum Gasteiger partial charge on any atom is 0.407 e. The molecule has 2 N–H and O–H groups in total. The Balaban J connectivity index is 1.99.